The number of halogens is 1. The van der Waals surface area contributed by atoms with E-state index in [9.17, 15) is 4.79 Å². The first kappa shape index (κ1) is 15.8. The number of amides is 1. The minimum Gasteiger partial charge on any atom is -0.491 e. The van der Waals surface area contributed by atoms with Crippen molar-refractivity contribution in [1.29, 1.82) is 0 Å². The summed E-state index contributed by atoms with van der Waals surface area (Å²) < 4.78 is 5.65. The van der Waals surface area contributed by atoms with Gasteiger partial charge in [0, 0.05) is 18.2 Å². The van der Waals surface area contributed by atoms with Crippen LogP contribution in [0.15, 0.2) is 18.2 Å². The van der Waals surface area contributed by atoms with Crippen molar-refractivity contribution in [1.82, 2.24) is 5.32 Å². The van der Waals surface area contributed by atoms with E-state index in [4.69, 9.17) is 22.1 Å². The van der Waals surface area contributed by atoms with E-state index in [1.54, 1.807) is 13.0 Å². The number of hydrogen-bond donors (Lipinski definition) is 2. The third-order valence-corrected chi connectivity index (χ3v) is 3.01. The lowest BCUT2D eigenvalue weighted by atomic mass is 10.1. The van der Waals surface area contributed by atoms with Crippen LogP contribution in [0.1, 0.15) is 26.3 Å². The second-order valence-electron chi connectivity index (χ2n) is 4.88. The number of ether oxygens (including phenoxy) is 1. The molecule has 0 spiro atoms. The summed E-state index contributed by atoms with van der Waals surface area (Å²) in [7, 11) is 0. The molecular formula is C14H21ClN2O2. The summed E-state index contributed by atoms with van der Waals surface area (Å²) in [4.78, 5) is 11.0. The van der Waals surface area contributed by atoms with Gasteiger partial charge in [-0.3, -0.25) is 4.79 Å². The third-order valence-electron chi connectivity index (χ3n) is 2.71. The molecule has 0 aromatic heterocycles. The Labute approximate surface area is 119 Å². The summed E-state index contributed by atoms with van der Waals surface area (Å²) >= 11 is 6.14. The van der Waals surface area contributed by atoms with Gasteiger partial charge in [0.25, 0.3) is 0 Å². The first-order valence-corrected chi connectivity index (χ1v) is 6.72. The van der Waals surface area contributed by atoms with Gasteiger partial charge in [0.15, 0.2) is 0 Å². The van der Waals surface area contributed by atoms with Crippen LogP contribution in [-0.4, -0.2) is 18.6 Å². The van der Waals surface area contributed by atoms with E-state index >= 15 is 0 Å². The average molecular weight is 285 g/mol. The molecule has 1 aromatic carbocycles. The summed E-state index contributed by atoms with van der Waals surface area (Å²) in [6, 6.07) is 5.97. The molecule has 5 heteroatoms. The topological polar surface area (TPSA) is 64.3 Å². The third kappa shape index (κ3) is 5.09. The van der Waals surface area contributed by atoms with E-state index in [1.807, 2.05) is 12.1 Å². The Balaban J connectivity index is 2.77. The molecule has 0 bridgehead atoms. The molecule has 0 aliphatic heterocycles. The van der Waals surface area contributed by atoms with Crippen molar-refractivity contribution in [2.75, 3.05) is 6.61 Å². The van der Waals surface area contributed by atoms with Gasteiger partial charge in [-0.05, 0) is 6.07 Å². The van der Waals surface area contributed by atoms with E-state index in [-0.39, 0.29) is 18.4 Å². The summed E-state index contributed by atoms with van der Waals surface area (Å²) in [5.41, 5.74) is 6.18. The summed E-state index contributed by atoms with van der Waals surface area (Å²) in [5.74, 6) is -0.110. The summed E-state index contributed by atoms with van der Waals surface area (Å²) in [6.07, 6.45) is 0. The first-order chi connectivity index (χ1) is 8.91. The van der Waals surface area contributed by atoms with Crippen LogP contribution in [0.5, 0.6) is 5.75 Å². The number of nitrogens with two attached hydrogens (primary N) is 1. The van der Waals surface area contributed by atoms with Crippen LogP contribution >= 0.6 is 11.6 Å². The van der Waals surface area contributed by atoms with Crippen molar-refractivity contribution in [3.8, 4) is 5.75 Å². The Bertz CT molecular complexity index is 435. The van der Waals surface area contributed by atoms with Crippen LogP contribution in [0, 0.1) is 5.92 Å². The zero-order chi connectivity index (χ0) is 14.4. The van der Waals surface area contributed by atoms with Crippen molar-refractivity contribution >= 4 is 17.5 Å². The van der Waals surface area contributed by atoms with Gasteiger partial charge < -0.3 is 15.8 Å². The highest BCUT2D eigenvalue weighted by atomic mass is 35.5. The molecule has 1 amide bonds. The number of benzene rings is 1. The predicted octanol–water partition coefficient (Wildman–Crippen LogP) is 2.34. The molecule has 1 atom stereocenters. The maximum Gasteiger partial charge on any atom is 0.223 e. The highest BCUT2D eigenvalue weighted by Crippen LogP contribution is 2.29. The molecule has 0 saturated carbocycles. The van der Waals surface area contributed by atoms with Crippen LogP contribution in [-0.2, 0) is 11.3 Å². The molecule has 1 rings (SSSR count). The standard InChI is InChI=1S/C14H21ClN2O2/c1-9(2)17-7-11-5-4-6-12(15)13(11)19-8-10(3)14(16)18/h4-6,9-10,17H,7-8H2,1-3H3,(H2,16,18). The van der Waals surface area contributed by atoms with Crippen LogP contribution in [0.3, 0.4) is 0 Å². The fourth-order valence-electron chi connectivity index (χ4n) is 1.46. The molecule has 0 heterocycles. The van der Waals surface area contributed by atoms with Gasteiger partial charge in [-0.2, -0.15) is 0 Å². The normalized spacial score (nSPS) is 12.5. The smallest absolute Gasteiger partial charge is 0.223 e. The van der Waals surface area contributed by atoms with E-state index in [2.05, 4.69) is 19.2 Å². The molecule has 0 aliphatic rings. The highest BCUT2D eigenvalue weighted by Gasteiger charge is 2.13. The van der Waals surface area contributed by atoms with Gasteiger partial charge in [-0.1, -0.05) is 44.5 Å². The van der Waals surface area contributed by atoms with Gasteiger partial charge in [-0.25, -0.2) is 0 Å². The minimum absolute atomic E-state index is 0.230. The second kappa shape index (κ2) is 7.36. The lowest BCUT2D eigenvalue weighted by molar-refractivity contribution is -0.122. The lowest BCUT2D eigenvalue weighted by Crippen LogP contribution is -2.26. The monoisotopic (exact) mass is 284 g/mol. The number of primary amides is 1. The minimum atomic E-state index is -0.381. The Morgan fingerprint density at radius 3 is 2.68 bits per heavy atom. The summed E-state index contributed by atoms with van der Waals surface area (Å²) in [6.45, 7) is 6.76. The number of para-hydroxylation sites is 1. The SMILES string of the molecule is CC(C)NCc1cccc(Cl)c1OCC(C)C(N)=O. The zero-order valence-corrected chi connectivity index (χ0v) is 12.3. The lowest BCUT2D eigenvalue weighted by Gasteiger charge is -2.16. The number of hydrogen-bond acceptors (Lipinski definition) is 3. The predicted molar refractivity (Wildman–Crippen MR) is 77.3 cm³/mol. The van der Waals surface area contributed by atoms with Gasteiger partial charge in [0.05, 0.1) is 17.5 Å². The van der Waals surface area contributed by atoms with Crippen molar-refractivity contribution in [2.45, 2.75) is 33.4 Å². The Morgan fingerprint density at radius 2 is 2.11 bits per heavy atom. The van der Waals surface area contributed by atoms with Crippen molar-refractivity contribution < 1.29 is 9.53 Å². The van der Waals surface area contributed by atoms with E-state index in [0.717, 1.165) is 5.56 Å². The first-order valence-electron chi connectivity index (χ1n) is 6.34. The van der Waals surface area contributed by atoms with E-state index in [1.165, 1.54) is 0 Å². The Morgan fingerprint density at radius 1 is 1.42 bits per heavy atom. The van der Waals surface area contributed by atoms with Gasteiger partial charge in [0.1, 0.15) is 5.75 Å². The van der Waals surface area contributed by atoms with Crippen LogP contribution in [0.25, 0.3) is 0 Å². The molecule has 0 fully saturated rings. The van der Waals surface area contributed by atoms with Crippen LogP contribution in [0.4, 0.5) is 0 Å². The molecule has 0 aliphatic carbocycles. The fraction of sp³-hybridized carbons (Fsp3) is 0.500. The van der Waals surface area contributed by atoms with Crippen molar-refractivity contribution in [2.24, 2.45) is 11.7 Å². The second-order valence-corrected chi connectivity index (χ2v) is 5.29. The van der Waals surface area contributed by atoms with Crippen molar-refractivity contribution in [3.63, 3.8) is 0 Å². The number of carbonyl (C=O) groups is 1. The molecule has 0 saturated heterocycles. The molecule has 1 aromatic rings. The maximum atomic E-state index is 11.0. The summed E-state index contributed by atoms with van der Waals surface area (Å²) in [5, 5.41) is 3.85. The van der Waals surface area contributed by atoms with Crippen molar-refractivity contribution in [3.05, 3.63) is 28.8 Å². The van der Waals surface area contributed by atoms with E-state index in [0.29, 0.717) is 23.4 Å². The molecular weight excluding hydrogens is 264 g/mol. The molecule has 106 valence electrons. The van der Waals surface area contributed by atoms with Crippen LogP contribution in [0.2, 0.25) is 5.02 Å². The quantitative estimate of drug-likeness (QED) is 0.808. The Hall–Kier alpha value is -1.26. The van der Waals surface area contributed by atoms with Gasteiger partial charge >= 0.3 is 0 Å². The number of rotatable bonds is 7. The molecule has 1 unspecified atom stereocenters. The Kier molecular flexibility index (Phi) is 6.12. The van der Waals surface area contributed by atoms with Gasteiger partial charge in [-0.15, -0.1) is 0 Å². The average Bonchev–Trinajstić information content (AvgIpc) is 2.34. The zero-order valence-electron chi connectivity index (χ0n) is 11.6. The van der Waals surface area contributed by atoms with Gasteiger partial charge in [0.2, 0.25) is 5.91 Å². The fourth-order valence-corrected chi connectivity index (χ4v) is 1.71. The molecule has 3 N–H and O–H groups in total. The number of carbonyl (C=O) groups excluding carboxylic acids is 1. The largest absolute Gasteiger partial charge is 0.491 e. The van der Waals surface area contributed by atoms with E-state index < -0.39 is 0 Å². The maximum absolute atomic E-state index is 11.0. The molecule has 4 nitrogen and oxygen atoms in total. The highest BCUT2D eigenvalue weighted by molar-refractivity contribution is 6.32. The molecule has 19 heavy (non-hydrogen) atoms. The van der Waals surface area contributed by atoms with Crippen LogP contribution < -0.4 is 15.8 Å². The molecule has 0 radical (unpaired) electrons. The number of nitrogens with one attached hydrogen (secondary N) is 1.